The lowest BCUT2D eigenvalue weighted by atomic mass is 10.1. The molecule has 2 aromatic heterocycles. The zero-order valence-corrected chi connectivity index (χ0v) is 15.1. The summed E-state index contributed by atoms with van der Waals surface area (Å²) in [6, 6.07) is 7.45. The van der Waals surface area contributed by atoms with Gasteiger partial charge in [0.25, 0.3) is 5.91 Å². The third-order valence-electron chi connectivity index (χ3n) is 4.46. The summed E-state index contributed by atoms with van der Waals surface area (Å²) in [5.41, 5.74) is 8.24. The topological polar surface area (TPSA) is 103 Å². The molecule has 0 bridgehead atoms. The Morgan fingerprint density at radius 2 is 2.25 bits per heavy atom. The number of fused-ring (bicyclic) bond motifs is 1. The number of imidazole rings is 1. The standard InChI is InChI=1S/C20H17N5O3/c1-24-9-7-15(28-20(24)27)6-5-13-3-2-4-14(11-13)17-16-12-22-8-10-25(16)19(23-17)18(21)26/h2-4,8,10-12,15H,7,9H2,1H3,(H2,21,26)/t15-/m0/s1. The number of primary amides is 1. The molecule has 2 N–H and O–H groups in total. The minimum atomic E-state index is -0.618. The van der Waals surface area contributed by atoms with Crippen LogP contribution in [0, 0.1) is 11.8 Å². The Labute approximate surface area is 160 Å². The summed E-state index contributed by atoms with van der Waals surface area (Å²) in [7, 11) is 1.69. The molecule has 3 aromatic rings. The fraction of sp³-hybridized carbons (Fsp3) is 0.200. The molecule has 1 aromatic carbocycles. The number of carbonyl (C=O) groups excluding carboxylic acids is 2. The molecule has 0 radical (unpaired) electrons. The van der Waals surface area contributed by atoms with Crippen molar-refractivity contribution in [1.29, 1.82) is 0 Å². The summed E-state index contributed by atoms with van der Waals surface area (Å²) >= 11 is 0. The van der Waals surface area contributed by atoms with Crippen molar-refractivity contribution < 1.29 is 14.3 Å². The van der Waals surface area contributed by atoms with Crippen molar-refractivity contribution in [3.05, 3.63) is 54.2 Å². The van der Waals surface area contributed by atoms with Crippen LogP contribution in [0.4, 0.5) is 4.79 Å². The molecule has 1 atom stereocenters. The van der Waals surface area contributed by atoms with Crippen molar-refractivity contribution in [1.82, 2.24) is 19.3 Å². The van der Waals surface area contributed by atoms with Gasteiger partial charge >= 0.3 is 6.09 Å². The summed E-state index contributed by atoms with van der Waals surface area (Å²) in [4.78, 5) is 33.3. The van der Waals surface area contributed by atoms with Crippen LogP contribution in [0.2, 0.25) is 0 Å². The van der Waals surface area contributed by atoms with Crippen LogP contribution in [0.5, 0.6) is 0 Å². The average Bonchev–Trinajstić information content (AvgIpc) is 3.09. The predicted octanol–water partition coefficient (Wildman–Crippen LogP) is 1.69. The van der Waals surface area contributed by atoms with E-state index >= 15 is 0 Å². The molecule has 0 unspecified atom stereocenters. The smallest absolute Gasteiger partial charge is 0.410 e. The quantitative estimate of drug-likeness (QED) is 0.687. The van der Waals surface area contributed by atoms with Crippen LogP contribution in [0.3, 0.4) is 0 Å². The van der Waals surface area contributed by atoms with Crippen molar-refractivity contribution in [3.63, 3.8) is 0 Å². The molecule has 1 fully saturated rings. The number of cyclic esters (lactones) is 1. The van der Waals surface area contributed by atoms with E-state index in [2.05, 4.69) is 21.8 Å². The summed E-state index contributed by atoms with van der Waals surface area (Å²) in [5, 5.41) is 0. The first-order chi connectivity index (χ1) is 13.5. The minimum absolute atomic E-state index is 0.141. The van der Waals surface area contributed by atoms with E-state index < -0.39 is 12.0 Å². The number of rotatable bonds is 2. The van der Waals surface area contributed by atoms with Crippen molar-refractivity contribution in [2.45, 2.75) is 12.5 Å². The second-order valence-corrected chi connectivity index (χ2v) is 6.41. The van der Waals surface area contributed by atoms with Gasteiger partial charge in [-0.1, -0.05) is 24.0 Å². The molecule has 1 aliphatic heterocycles. The molecule has 8 heteroatoms. The SMILES string of the molecule is CN1CC[C@H](C#Cc2cccc(-c3nc(C(N)=O)n4ccncc34)c2)OC1=O. The lowest BCUT2D eigenvalue weighted by molar-refractivity contribution is 0.0575. The molecular formula is C20H17N5O3. The first kappa shape index (κ1) is 17.5. The molecule has 0 spiro atoms. The Morgan fingerprint density at radius 3 is 3.04 bits per heavy atom. The van der Waals surface area contributed by atoms with Crippen LogP contribution in [0.15, 0.2) is 42.9 Å². The molecule has 2 amide bonds. The Hall–Kier alpha value is -3.86. The highest BCUT2D eigenvalue weighted by Crippen LogP contribution is 2.25. The minimum Gasteiger partial charge on any atom is -0.433 e. The Bertz CT molecular complexity index is 1140. The third kappa shape index (κ3) is 3.25. The molecule has 1 saturated heterocycles. The predicted molar refractivity (Wildman–Crippen MR) is 101 cm³/mol. The van der Waals surface area contributed by atoms with E-state index in [1.54, 1.807) is 30.0 Å². The molecule has 4 rings (SSSR count). The van der Waals surface area contributed by atoms with Gasteiger partial charge in [0.05, 0.1) is 17.4 Å². The number of nitrogens with two attached hydrogens (primary N) is 1. The van der Waals surface area contributed by atoms with Crippen LogP contribution in [0.1, 0.15) is 22.6 Å². The van der Waals surface area contributed by atoms with Crippen molar-refractivity contribution in [2.24, 2.45) is 5.73 Å². The van der Waals surface area contributed by atoms with Crippen LogP contribution in [-0.4, -0.2) is 51.0 Å². The summed E-state index contributed by atoms with van der Waals surface area (Å²) in [6.07, 6.45) is 4.71. The first-order valence-corrected chi connectivity index (χ1v) is 8.68. The molecule has 8 nitrogen and oxygen atoms in total. The number of hydrogen-bond donors (Lipinski definition) is 1. The van der Waals surface area contributed by atoms with E-state index in [-0.39, 0.29) is 11.9 Å². The van der Waals surface area contributed by atoms with Gasteiger partial charge in [0.15, 0.2) is 6.10 Å². The van der Waals surface area contributed by atoms with Gasteiger partial charge in [0, 0.05) is 43.5 Å². The number of aromatic nitrogens is 3. The van der Waals surface area contributed by atoms with E-state index in [1.165, 1.54) is 4.90 Å². The fourth-order valence-corrected chi connectivity index (χ4v) is 3.01. The van der Waals surface area contributed by atoms with Gasteiger partial charge in [0.1, 0.15) is 0 Å². The Kier molecular flexibility index (Phi) is 4.41. The van der Waals surface area contributed by atoms with Gasteiger partial charge < -0.3 is 15.4 Å². The number of nitrogens with zero attached hydrogens (tertiary/aromatic N) is 4. The second-order valence-electron chi connectivity index (χ2n) is 6.41. The van der Waals surface area contributed by atoms with Crippen molar-refractivity contribution in [3.8, 4) is 23.1 Å². The van der Waals surface area contributed by atoms with Gasteiger partial charge in [-0.15, -0.1) is 0 Å². The van der Waals surface area contributed by atoms with E-state index in [0.717, 1.165) is 11.1 Å². The van der Waals surface area contributed by atoms with E-state index in [4.69, 9.17) is 10.5 Å². The number of hydrogen-bond acceptors (Lipinski definition) is 5. The maximum Gasteiger partial charge on any atom is 0.410 e. The number of amides is 2. The highest BCUT2D eigenvalue weighted by molar-refractivity contribution is 5.93. The fourth-order valence-electron chi connectivity index (χ4n) is 3.01. The van der Waals surface area contributed by atoms with Gasteiger partial charge in [-0.05, 0) is 12.1 Å². The maximum atomic E-state index is 11.7. The second kappa shape index (κ2) is 7.04. The number of carbonyl (C=O) groups is 2. The van der Waals surface area contributed by atoms with Gasteiger partial charge in [-0.2, -0.15) is 0 Å². The zero-order valence-electron chi connectivity index (χ0n) is 15.1. The van der Waals surface area contributed by atoms with E-state index in [0.29, 0.717) is 24.2 Å². The summed E-state index contributed by atoms with van der Waals surface area (Å²) < 4.78 is 6.87. The zero-order chi connectivity index (χ0) is 19.7. The van der Waals surface area contributed by atoms with Crippen LogP contribution < -0.4 is 5.73 Å². The molecule has 0 saturated carbocycles. The monoisotopic (exact) mass is 375 g/mol. The Balaban J connectivity index is 1.67. The average molecular weight is 375 g/mol. The molecule has 28 heavy (non-hydrogen) atoms. The molecular weight excluding hydrogens is 358 g/mol. The van der Waals surface area contributed by atoms with Crippen LogP contribution in [-0.2, 0) is 4.74 Å². The molecule has 0 aliphatic carbocycles. The molecule has 3 heterocycles. The maximum absolute atomic E-state index is 11.7. The van der Waals surface area contributed by atoms with Crippen LogP contribution >= 0.6 is 0 Å². The molecule has 140 valence electrons. The lowest BCUT2D eigenvalue weighted by Crippen LogP contribution is -2.38. The van der Waals surface area contributed by atoms with E-state index in [9.17, 15) is 9.59 Å². The van der Waals surface area contributed by atoms with Gasteiger partial charge in [-0.3, -0.25) is 14.2 Å². The lowest BCUT2D eigenvalue weighted by Gasteiger charge is -2.25. The van der Waals surface area contributed by atoms with Crippen molar-refractivity contribution in [2.75, 3.05) is 13.6 Å². The number of ether oxygens (including phenoxy) is 1. The normalized spacial score (nSPS) is 16.4. The van der Waals surface area contributed by atoms with Gasteiger partial charge in [-0.25, -0.2) is 9.78 Å². The first-order valence-electron chi connectivity index (χ1n) is 8.68. The van der Waals surface area contributed by atoms with E-state index in [1.807, 2.05) is 24.3 Å². The Morgan fingerprint density at radius 1 is 1.39 bits per heavy atom. The highest BCUT2D eigenvalue weighted by atomic mass is 16.6. The summed E-state index contributed by atoms with van der Waals surface area (Å²) in [5.74, 6) is 5.57. The number of benzene rings is 1. The van der Waals surface area contributed by atoms with Gasteiger partial charge in [0.2, 0.25) is 5.82 Å². The largest absolute Gasteiger partial charge is 0.433 e. The van der Waals surface area contributed by atoms with Crippen LogP contribution in [0.25, 0.3) is 16.8 Å². The highest BCUT2D eigenvalue weighted by Gasteiger charge is 2.22. The van der Waals surface area contributed by atoms with Crippen molar-refractivity contribution >= 4 is 17.5 Å². The third-order valence-corrected chi connectivity index (χ3v) is 4.46. The molecule has 1 aliphatic rings. The summed E-state index contributed by atoms with van der Waals surface area (Å²) in [6.45, 7) is 0.613.